The Balaban J connectivity index is 3.19. The monoisotopic (exact) mass is 155 g/mol. The van der Waals surface area contributed by atoms with E-state index in [9.17, 15) is 0 Å². The van der Waals surface area contributed by atoms with Crippen LogP contribution in [-0.2, 0) is 6.61 Å². The maximum Gasteiger partial charge on any atom is 0.103 e. The van der Waals surface area contributed by atoms with Gasteiger partial charge in [0.2, 0.25) is 0 Å². The molecule has 2 N–H and O–H groups in total. The van der Waals surface area contributed by atoms with Gasteiger partial charge in [-0.1, -0.05) is 12.2 Å². The minimum atomic E-state index is 0.0674. The second-order valence-corrected chi connectivity index (χ2v) is 2.60. The third-order valence-corrected chi connectivity index (χ3v) is 1.65. The molecule has 1 aromatic rings. The second-order valence-electron chi connectivity index (χ2n) is 2.16. The van der Waals surface area contributed by atoms with Crippen molar-refractivity contribution in [2.75, 3.05) is 0 Å². The number of hydrogen-bond donors (Lipinski definition) is 2. The molecule has 54 valence electrons. The predicted molar refractivity (Wildman–Crippen MR) is 42.3 cm³/mol. The Morgan fingerprint density at radius 1 is 1.70 bits per heavy atom. The lowest BCUT2D eigenvalue weighted by Gasteiger charge is -1.98. The molecule has 0 fully saturated rings. The molecule has 1 heterocycles. The number of aromatic amines is 1. The number of nitrogens with one attached hydrogen (secondary N) is 1. The van der Waals surface area contributed by atoms with Crippen LogP contribution < -0.4 is 0 Å². The van der Waals surface area contributed by atoms with Crippen LogP contribution in [0.5, 0.6) is 0 Å². The number of aromatic nitrogens is 1. The van der Waals surface area contributed by atoms with Crippen molar-refractivity contribution in [1.82, 2.24) is 4.98 Å². The molecule has 0 aliphatic rings. The quantitative estimate of drug-likeness (QED) is 0.603. The molecule has 2 nitrogen and oxygen atoms in total. The summed E-state index contributed by atoms with van der Waals surface area (Å²) in [4.78, 5) is 2.85. The van der Waals surface area contributed by atoms with E-state index in [0.29, 0.717) is 4.64 Å². The highest BCUT2D eigenvalue weighted by Gasteiger charge is 1.93. The van der Waals surface area contributed by atoms with Crippen molar-refractivity contribution in [3.8, 4) is 0 Å². The SMILES string of the molecule is Cc1cc(=S)[nH]cc1CO. The smallest absolute Gasteiger partial charge is 0.103 e. The van der Waals surface area contributed by atoms with Gasteiger partial charge >= 0.3 is 0 Å². The van der Waals surface area contributed by atoms with E-state index in [1.807, 2.05) is 13.0 Å². The van der Waals surface area contributed by atoms with Crippen LogP contribution in [0.4, 0.5) is 0 Å². The van der Waals surface area contributed by atoms with E-state index < -0.39 is 0 Å². The highest BCUT2D eigenvalue weighted by Crippen LogP contribution is 2.04. The van der Waals surface area contributed by atoms with Crippen LogP contribution in [0.15, 0.2) is 12.3 Å². The fourth-order valence-electron chi connectivity index (χ4n) is 0.773. The molecular weight excluding hydrogens is 146 g/mol. The summed E-state index contributed by atoms with van der Waals surface area (Å²) in [6.45, 7) is 1.99. The third kappa shape index (κ3) is 1.43. The first-order valence-corrected chi connectivity index (χ1v) is 3.44. The molecular formula is C7H9NOS. The normalized spacial score (nSPS) is 9.80. The lowest BCUT2D eigenvalue weighted by molar-refractivity contribution is 0.280. The first-order chi connectivity index (χ1) is 4.74. The predicted octanol–water partition coefficient (Wildman–Crippen LogP) is 1.54. The van der Waals surface area contributed by atoms with Crippen molar-refractivity contribution in [3.05, 3.63) is 28.0 Å². The number of aliphatic hydroxyl groups excluding tert-OH is 1. The Morgan fingerprint density at radius 2 is 2.40 bits per heavy atom. The summed E-state index contributed by atoms with van der Waals surface area (Å²) in [7, 11) is 0. The third-order valence-electron chi connectivity index (χ3n) is 1.41. The Morgan fingerprint density at radius 3 is 2.90 bits per heavy atom. The van der Waals surface area contributed by atoms with E-state index in [0.717, 1.165) is 11.1 Å². The van der Waals surface area contributed by atoms with Crippen molar-refractivity contribution in [2.45, 2.75) is 13.5 Å². The van der Waals surface area contributed by atoms with Gasteiger partial charge in [0.05, 0.1) is 6.61 Å². The molecule has 0 unspecified atom stereocenters. The standard InChI is InChI=1S/C7H9NOS/c1-5-2-7(10)8-3-6(5)4-9/h2-3,9H,4H2,1H3,(H,8,10). The minimum absolute atomic E-state index is 0.0674. The maximum atomic E-state index is 8.76. The summed E-state index contributed by atoms with van der Waals surface area (Å²) < 4.78 is 0.703. The highest BCUT2D eigenvalue weighted by atomic mass is 32.1. The molecule has 0 radical (unpaired) electrons. The van der Waals surface area contributed by atoms with Crippen LogP contribution in [0.3, 0.4) is 0 Å². The molecule has 0 atom stereocenters. The molecule has 0 aliphatic carbocycles. The van der Waals surface area contributed by atoms with E-state index in [1.165, 1.54) is 0 Å². The molecule has 0 saturated carbocycles. The van der Waals surface area contributed by atoms with Crippen molar-refractivity contribution in [1.29, 1.82) is 0 Å². The first-order valence-electron chi connectivity index (χ1n) is 3.03. The first kappa shape index (κ1) is 7.44. The van der Waals surface area contributed by atoms with Gasteiger partial charge in [0, 0.05) is 6.20 Å². The zero-order valence-corrected chi connectivity index (χ0v) is 6.53. The molecule has 0 saturated heterocycles. The second kappa shape index (κ2) is 2.94. The van der Waals surface area contributed by atoms with E-state index in [2.05, 4.69) is 4.98 Å². The lowest BCUT2D eigenvalue weighted by atomic mass is 10.2. The highest BCUT2D eigenvalue weighted by molar-refractivity contribution is 7.71. The average molecular weight is 155 g/mol. The minimum Gasteiger partial charge on any atom is -0.392 e. The van der Waals surface area contributed by atoms with Crippen LogP contribution in [0.1, 0.15) is 11.1 Å². The summed E-state index contributed by atoms with van der Waals surface area (Å²) in [5, 5.41) is 8.76. The average Bonchev–Trinajstić information content (AvgIpc) is 1.88. The van der Waals surface area contributed by atoms with E-state index >= 15 is 0 Å². The van der Waals surface area contributed by atoms with Gasteiger partial charge < -0.3 is 10.1 Å². The molecule has 3 heteroatoms. The molecule has 1 aromatic heterocycles. The van der Waals surface area contributed by atoms with Crippen molar-refractivity contribution in [3.63, 3.8) is 0 Å². The lowest BCUT2D eigenvalue weighted by Crippen LogP contribution is -1.89. The topological polar surface area (TPSA) is 36.0 Å². The number of pyridine rings is 1. The van der Waals surface area contributed by atoms with Crippen molar-refractivity contribution < 1.29 is 5.11 Å². The van der Waals surface area contributed by atoms with Gasteiger partial charge in [-0.2, -0.15) is 0 Å². The van der Waals surface area contributed by atoms with Crippen LogP contribution in [0.25, 0.3) is 0 Å². The number of hydrogen-bond acceptors (Lipinski definition) is 2. The summed E-state index contributed by atoms with van der Waals surface area (Å²) >= 11 is 4.87. The maximum absolute atomic E-state index is 8.76. The fraction of sp³-hybridized carbons (Fsp3) is 0.286. The van der Waals surface area contributed by atoms with E-state index in [-0.39, 0.29) is 6.61 Å². The number of H-pyrrole nitrogens is 1. The number of aryl methyl sites for hydroxylation is 1. The van der Waals surface area contributed by atoms with Gasteiger partial charge in [0.1, 0.15) is 4.64 Å². The summed E-state index contributed by atoms with van der Waals surface area (Å²) in [5.74, 6) is 0. The molecule has 0 amide bonds. The largest absolute Gasteiger partial charge is 0.392 e. The number of rotatable bonds is 1. The Labute approximate surface area is 64.5 Å². The molecule has 0 bridgehead atoms. The van der Waals surface area contributed by atoms with Crippen molar-refractivity contribution >= 4 is 12.2 Å². The van der Waals surface area contributed by atoms with Crippen LogP contribution in [-0.4, -0.2) is 10.1 Å². The van der Waals surface area contributed by atoms with E-state index in [1.54, 1.807) is 6.20 Å². The summed E-state index contributed by atoms with van der Waals surface area (Å²) in [6, 6.07) is 1.83. The Hall–Kier alpha value is -0.670. The Kier molecular flexibility index (Phi) is 2.19. The molecule has 10 heavy (non-hydrogen) atoms. The molecule has 0 spiro atoms. The van der Waals surface area contributed by atoms with Crippen LogP contribution in [0.2, 0.25) is 0 Å². The van der Waals surface area contributed by atoms with Gasteiger partial charge in [0.25, 0.3) is 0 Å². The van der Waals surface area contributed by atoms with E-state index in [4.69, 9.17) is 17.3 Å². The van der Waals surface area contributed by atoms with Gasteiger partial charge in [-0.3, -0.25) is 0 Å². The van der Waals surface area contributed by atoms with Gasteiger partial charge in [-0.05, 0) is 24.1 Å². The summed E-state index contributed by atoms with van der Waals surface area (Å²) in [6.07, 6.45) is 1.73. The fourth-order valence-corrected chi connectivity index (χ4v) is 1.01. The van der Waals surface area contributed by atoms with Crippen LogP contribution in [0, 0.1) is 11.6 Å². The molecule has 1 rings (SSSR count). The number of aliphatic hydroxyl groups is 1. The zero-order valence-electron chi connectivity index (χ0n) is 5.72. The summed E-state index contributed by atoms with van der Waals surface area (Å²) in [5.41, 5.74) is 1.93. The molecule has 0 aromatic carbocycles. The van der Waals surface area contributed by atoms with Gasteiger partial charge in [0.15, 0.2) is 0 Å². The van der Waals surface area contributed by atoms with Crippen molar-refractivity contribution in [2.24, 2.45) is 0 Å². The Bertz CT molecular complexity index is 279. The van der Waals surface area contributed by atoms with Gasteiger partial charge in [-0.25, -0.2) is 0 Å². The molecule has 0 aliphatic heterocycles. The van der Waals surface area contributed by atoms with Crippen LogP contribution >= 0.6 is 12.2 Å². The zero-order chi connectivity index (χ0) is 7.56. The van der Waals surface area contributed by atoms with Gasteiger partial charge in [-0.15, -0.1) is 0 Å².